The van der Waals surface area contributed by atoms with Crippen molar-refractivity contribution in [3.8, 4) is 0 Å². The van der Waals surface area contributed by atoms with Crippen molar-refractivity contribution < 1.29 is 9.53 Å². The van der Waals surface area contributed by atoms with Crippen LogP contribution >= 0.6 is 11.3 Å². The lowest BCUT2D eigenvalue weighted by atomic mass is 10.1. The summed E-state index contributed by atoms with van der Waals surface area (Å²) >= 11 is 1.78. The van der Waals surface area contributed by atoms with Crippen LogP contribution in [0.15, 0.2) is 17.5 Å². The van der Waals surface area contributed by atoms with E-state index in [0.717, 1.165) is 24.4 Å². The van der Waals surface area contributed by atoms with Crippen LogP contribution < -0.4 is 4.90 Å². The van der Waals surface area contributed by atoms with Crippen LogP contribution in [0.4, 0.5) is 5.95 Å². The number of nitrogens with zero attached hydrogens (tertiary/aromatic N) is 4. The van der Waals surface area contributed by atoms with Crippen LogP contribution in [0.1, 0.15) is 21.8 Å². The highest BCUT2D eigenvalue weighted by molar-refractivity contribution is 7.10. The second kappa shape index (κ2) is 6.72. The quantitative estimate of drug-likeness (QED) is 0.821. The third-order valence-corrected chi connectivity index (χ3v) is 5.74. The van der Waals surface area contributed by atoms with E-state index < -0.39 is 6.10 Å². The number of morpholine rings is 1. The molecule has 0 N–H and O–H groups in total. The van der Waals surface area contributed by atoms with Crippen LogP contribution in [0.25, 0.3) is 0 Å². The molecule has 2 aromatic rings. The summed E-state index contributed by atoms with van der Waals surface area (Å²) in [5.41, 5.74) is 3.16. The molecular formula is C18H22N4O2S. The molecule has 4 rings (SSSR count). The smallest absolute Gasteiger partial charge is 0.253 e. The largest absolute Gasteiger partial charge is 0.365 e. The molecule has 1 fully saturated rings. The van der Waals surface area contributed by atoms with Gasteiger partial charge in [-0.05, 0) is 43.3 Å². The zero-order valence-corrected chi connectivity index (χ0v) is 15.4. The van der Waals surface area contributed by atoms with Crippen LogP contribution in [0.5, 0.6) is 0 Å². The molecule has 1 atom stereocenters. The molecule has 4 heterocycles. The highest BCUT2D eigenvalue weighted by atomic mass is 32.1. The molecule has 132 valence electrons. The molecule has 2 aliphatic rings. The maximum Gasteiger partial charge on any atom is 0.253 e. The Kier molecular flexibility index (Phi) is 4.43. The average molecular weight is 358 g/mol. The van der Waals surface area contributed by atoms with Crippen LogP contribution in [0, 0.1) is 13.8 Å². The molecule has 0 radical (unpaired) electrons. The van der Waals surface area contributed by atoms with Gasteiger partial charge < -0.3 is 14.5 Å². The molecule has 2 aromatic heterocycles. The number of aromatic nitrogens is 2. The van der Waals surface area contributed by atoms with Gasteiger partial charge in [-0.3, -0.25) is 4.79 Å². The average Bonchev–Trinajstić information content (AvgIpc) is 3.08. The SMILES string of the molecule is Cc1cc(C)nc(N2CCOC(C(=O)N3CCc4sccc4C3)C2)n1. The van der Waals surface area contributed by atoms with Crippen molar-refractivity contribution in [1.82, 2.24) is 14.9 Å². The van der Waals surface area contributed by atoms with Gasteiger partial charge in [0.25, 0.3) is 5.91 Å². The Morgan fingerprint density at radius 3 is 2.88 bits per heavy atom. The van der Waals surface area contributed by atoms with Gasteiger partial charge in [0.2, 0.25) is 5.95 Å². The van der Waals surface area contributed by atoms with Crippen LogP contribution in [0.2, 0.25) is 0 Å². The number of carbonyl (C=O) groups is 1. The molecule has 2 aliphatic heterocycles. The van der Waals surface area contributed by atoms with E-state index >= 15 is 0 Å². The first kappa shape index (κ1) is 16.5. The minimum Gasteiger partial charge on any atom is -0.365 e. The van der Waals surface area contributed by atoms with Gasteiger partial charge in [-0.2, -0.15) is 0 Å². The molecule has 1 unspecified atom stereocenters. The van der Waals surface area contributed by atoms with Crippen molar-refractivity contribution in [2.24, 2.45) is 0 Å². The number of thiophene rings is 1. The summed E-state index contributed by atoms with van der Waals surface area (Å²) in [6.45, 7) is 7.13. The second-order valence-electron chi connectivity index (χ2n) is 6.63. The number of fused-ring (bicyclic) bond motifs is 1. The minimum atomic E-state index is -0.446. The summed E-state index contributed by atoms with van der Waals surface area (Å²) in [6.07, 6.45) is 0.494. The fourth-order valence-corrected chi connectivity index (χ4v) is 4.36. The lowest BCUT2D eigenvalue weighted by molar-refractivity contribution is -0.145. The van der Waals surface area contributed by atoms with E-state index in [1.807, 2.05) is 24.8 Å². The van der Waals surface area contributed by atoms with Gasteiger partial charge in [-0.1, -0.05) is 0 Å². The van der Waals surface area contributed by atoms with Gasteiger partial charge in [-0.25, -0.2) is 9.97 Å². The molecule has 0 aliphatic carbocycles. The molecular weight excluding hydrogens is 336 g/mol. The number of ether oxygens (including phenoxy) is 1. The fraction of sp³-hybridized carbons (Fsp3) is 0.500. The number of hydrogen-bond acceptors (Lipinski definition) is 6. The zero-order valence-electron chi connectivity index (χ0n) is 14.6. The summed E-state index contributed by atoms with van der Waals surface area (Å²) < 4.78 is 5.79. The molecule has 1 amide bonds. The number of amides is 1. The summed E-state index contributed by atoms with van der Waals surface area (Å²) in [6, 6.07) is 4.08. The Balaban J connectivity index is 1.47. The third-order valence-electron chi connectivity index (χ3n) is 4.71. The molecule has 25 heavy (non-hydrogen) atoms. The fourth-order valence-electron chi connectivity index (χ4n) is 3.47. The Bertz CT molecular complexity index is 771. The number of aryl methyl sites for hydroxylation is 2. The van der Waals surface area contributed by atoms with Crippen molar-refractivity contribution in [1.29, 1.82) is 0 Å². The van der Waals surface area contributed by atoms with E-state index in [4.69, 9.17) is 4.74 Å². The number of hydrogen-bond donors (Lipinski definition) is 0. The number of rotatable bonds is 2. The monoisotopic (exact) mass is 358 g/mol. The van der Waals surface area contributed by atoms with E-state index in [1.165, 1.54) is 10.4 Å². The van der Waals surface area contributed by atoms with Crippen molar-refractivity contribution in [3.63, 3.8) is 0 Å². The van der Waals surface area contributed by atoms with Crippen LogP contribution in [0.3, 0.4) is 0 Å². The van der Waals surface area contributed by atoms with Crippen molar-refractivity contribution in [2.45, 2.75) is 32.9 Å². The number of carbonyl (C=O) groups excluding carboxylic acids is 1. The van der Waals surface area contributed by atoms with Gasteiger partial charge >= 0.3 is 0 Å². The predicted octanol–water partition coefficient (Wildman–Crippen LogP) is 1.95. The van der Waals surface area contributed by atoms with Crippen LogP contribution in [-0.2, 0) is 22.5 Å². The Morgan fingerprint density at radius 1 is 1.28 bits per heavy atom. The second-order valence-corrected chi connectivity index (χ2v) is 7.64. The molecule has 6 nitrogen and oxygen atoms in total. The minimum absolute atomic E-state index is 0.0749. The molecule has 7 heteroatoms. The molecule has 0 aromatic carbocycles. The summed E-state index contributed by atoms with van der Waals surface area (Å²) in [5.74, 6) is 0.767. The van der Waals surface area contributed by atoms with Crippen molar-refractivity contribution in [3.05, 3.63) is 39.3 Å². The molecule has 0 spiro atoms. The number of anilines is 1. The summed E-state index contributed by atoms with van der Waals surface area (Å²) in [5, 5.41) is 2.11. The van der Waals surface area contributed by atoms with Gasteiger partial charge in [-0.15, -0.1) is 11.3 Å². The van der Waals surface area contributed by atoms with E-state index in [2.05, 4.69) is 26.3 Å². The van der Waals surface area contributed by atoms with E-state index in [1.54, 1.807) is 11.3 Å². The van der Waals surface area contributed by atoms with E-state index in [0.29, 0.717) is 32.2 Å². The normalized spacial score (nSPS) is 20.5. The Morgan fingerprint density at radius 2 is 2.08 bits per heavy atom. The van der Waals surface area contributed by atoms with Crippen LogP contribution in [-0.4, -0.2) is 53.1 Å². The lowest BCUT2D eigenvalue weighted by Crippen LogP contribution is -2.52. The molecule has 0 bridgehead atoms. The summed E-state index contributed by atoms with van der Waals surface area (Å²) in [7, 11) is 0. The van der Waals surface area contributed by atoms with Crippen molar-refractivity contribution >= 4 is 23.2 Å². The Labute approximate surface area is 151 Å². The first-order chi connectivity index (χ1) is 12.1. The first-order valence-corrected chi connectivity index (χ1v) is 9.51. The predicted molar refractivity (Wildman–Crippen MR) is 96.9 cm³/mol. The van der Waals surface area contributed by atoms with Gasteiger partial charge in [0.05, 0.1) is 13.2 Å². The third kappa shape index (κ3) is 3.39. The first-order valence-electron chi connectivity index (χ1n) is 8.63. The summed E-state index contributed by atoms with van der Waals surface area (Å²) in [4.78, 5) is 27.4. The van der Waals surface area contributed by atoms with Gasteiger partial charge in [0.15, 0.2) is 6.10 Å². The zero-order chi connectivity index (χ0) is 17.4. The highest BCUT2D eigenvalue weighted by Gasteiger charge is 2.33. The topological polar surface area (TPSA) is 58.6 Å². The Hall–Kier alpha value is -1.99. The van der Waals surface area contributed by atoms with Crippen molar-refractivity contribution in [2.75, 3.05) is 31.1 Å². The van der Waals surface area contributed by atoms with Gasteiger partial charge in [0.1, 0.15) is 0 Å². The van der Waals surface area contributed by atoms with E-state index in [9.17, 15) is 4.79 Å². The maximum absolute atomic E-state index is 12.9. The molecule has 1 saturated heterocycles. The van der Waals surface area contributed by atoms with E-state index in [-0.39, 0.29) is 5.91 Å². The lowest BCUT2D eigenvalue weighted by Gasteiger charge is -2.36. The highest BCUT2D eigenvalue weighted by Crippen LogP contribution is 2.25. The maximum atomic E-state index is 12.9. The molecule has 0 saturated carbocycles. The van der Waals surface area contributed by atoms with Gasteiger partial charge in [0, 0.05) is 35.9 Å². The standard InChI is InChI=1S/C18H22N4O2S/c1-12-9-13(2)20-18(19-12)22-6-7-24-15(11-22)17(23)21-5-3-16-14(10-21)4-8-25-16/h4,8-9,15H,3,5-7,10-11H2,1-2H3.